The number of carbonyl (C=O) groups excluding carboxylic acids is 1. The van der Waals surface area contributed by atoms with Crippen molar-refractivity contribution in [2.24, 2.45) is 0 Å². The van der Waals surface area contributed by atoms with Gasteiger partial charge in [-0.05, 0) is 30.7 Å². The van der Waals surface area contributed by atoms with E-state index in [1.807, 2.05) is 24.3 Å². The molecular weight excluding hydrogens is 376 g/mol. The molecule has 0 aliphatic carbocycles. The van der Waals surface area contributed by atoms with E-state index in [0.717, 1.165) is 15.7 Å². The van der Waals surface area contributed by atoms with Crippen molar-refractivity contribution >= 4 is 27.8 Å². The van der Waals surface area contributed by atoms with Gasteiger partial charge in [-0.1, -0.05) is 24.3 Å². The Morgan fingerprint density at radius 1 is 0.966 bits per heavy atom. The third-order valence-electron chi connectivity index (χ3n) is 4.64. The lowest BCUT2D eigenvalue weighted by Crippen LogP contribution is -2.33. The molecule has 2 N–H and O–H groups in total. The van der Waals surface area contributed by atoms with Crippen LogP contribution in [0.2, 0.25) is 0 Å². The minimum Gasteiger partial charge on any atom is -0.464 e. The lowest BCUT2D eigenvalue weighted by Gasteiger charge is -2.08. The van der Waals surface area contributed by atoms with Crippen LogP contribution >= 0.6 is 0 Å². The first-order chi connectivity index (χ1) is 14.0. The Labute approximate surface area is 163 Å². The van der Waals surface area contributed by atoms with Crippen LogP contribution in [0.5, 0.6) is 0 Å². The summed E-state index contributed by atoms with van der Waals surface area (Å²) in [5.74, 6) is -0.649. The fourth-order valence-corrected chi connectivity index (χ4v) is 3.27. The molecule has 9 nitrogen and oxygen atoms in total. The van der Waals surface area contributed by atoms with E-state index >= 15 is 0 Å². The van der Waals surface area contributed by atoms with Gasteiger partial charge in [0.15, 0.2) is 0 Å². The van der Waals surface area contributed by atoms with Gasteiger partial charge in [-0.2, -0.15) is 0 Å². The van der Waals surface area contributed by atoms with Gasteiger partial charge >= 0.3 is 11.7 Å². The molecule has 0 unspecified atom stereocenters. The summed E-state index contributed by atoms with van der Waals surface area (Å²) in [4.78, 5) is 51.3. The van der Waals surface area contributed by atoms with Crippen molar-refractivity contribution in [3.05, 3.63) is 79.7 Å². The highest BCUT2D eigenvalue weighted by Gasteiger charge is 2.11. The van der Waals surface area contributed by atoms with E-state index in [0.29, 0.717) is 13.0 Å². The summed E-state index contributed by atoms with van der Waals surface area (Å²) < 4.78 is 7.68. The van der Waals surface area contributed by atoms with Gasteiger partial charge < -0.3 is 9.72 Å². The molecule has 4 rings (SSSR count). The number of para-hydroxylation sites is 2. The average molecular weight is 394 g/mol. The zero-order chi connectivity index (χ0) is 20.4. The van der Waals surface area contributed by atoms with Crippen molar-refractivity contribution in [1.82, 2.24) is 19.3 Å². The van der Waals surface area contributed by atoms with Crippen molar-refractivity contribution in [3.8, 4) is 0 Å². The largest absolute Gasteiger partial charge is 0.464 e. The molecule has 0 saturated carbocycles. The molecule has 9 heteroatoms. The van der Waals surface area contributed by atoms with Crippen molar-refractivity contribution in [1.29, 1.82) is 0 Å². The maximum atomic E-state index is 12.4. The van der Waals surface area contributed by atoms with Crippen LogP contribution in [0, 0.1) is 0 Å². The number of rotatable bonds is 6. The average Bonchev–Trinajstić information content (AvgIpc) is 3.04. The number of imidazole rings is 1. The van der Waals surface area contributed by atoms with Gasteiger partial charge in [0.05, 0.1) is 28.4 Å². The Morgan fingerprint density at radius 2 is 1.69 bits per heavy atom. The molecule has 0 atom stereocenters. The number of nitrogens with zero attached hydrogens (tertiary/aromatic N) is 2. The van der Waals surface area contributed by atoms with Crippen molar-refractivity contribution in [2.75, 3.05) is 6.61 Å². The number of nitrogens with one attached hydrogen (secondary N) is 2. The van der Waals surface area contributed by atoms with Gasteiger partial charge in [0.2, 0.25) is 0 Å². The van der Waals surface area contributed by atoms with Gasteiger partial charge in [0, 0.05) is 6.54 Å². The molecule has 148 valence electrons. The van der Waals surface area contributed by atoms with E-state index in [9.17, 15) is 19.2 Å². The second-order valence-electron chi connectivity index (χ2n) is 6.55. The number of aromatic amines is 2. The van der Waals surface area contributed by atoms with Crippen LogP contribution in [0.1, 0.15) is 6.42 Å². The second-order valence-corrected chi connectivity index (χ2v) is 6.55. The summed E-state index contributed by atoms with van der Waals surface area (Å²) in [6, 6.07) is 13.7. The maximum absolute atomic E-state index is 12.4. The van der Waals surface area contributed by atoms with E-state index in [2.05, 4.69) is 10.1 Å². The number of H-pyrrole nitrogens is 2. The van der Waals surface area contributed by atoms with Crippen LogP contribution in [-0.4, -0.2) is 31.9 Å². The van der Waals surface area contributed by atoms with E-state index < -0.39 is 23.6 Å². The predicted octanol–water partition coefficient (Wildman–Crippen LogP) is 0.966. The number of ether oxygens (including phenoxy) is 1. The maximum Gasteiger partial charge on any atom is 0.327 e. The number of carbonyl (C=O) groups is 1. The van der Waals surface area contributed by atoms with Crippen LogP contribution in [0.25, 0.3) is 21.8 Å². The molecule has 0 fully saturated rings. The fraction of sp³-hybridized carbons (Fsp3) is 0.200. The third-order valence-corrected chi connectivity index (χ3v) is 4.64. The predicted molar refractivity (Wildman–Crippen MR) is 107 cm³/mol. The standard InChI is InChI=1S/C20H18N4O5/c25-17(12-24-19(27)14-7-2-1-6-13(14)18(26)22-24)29-11-5-10-23-16-9-4-3-8-15(16)21-20(23)28/h1-4,6-9H,5,10-12H2,(H,21,28)(H,22,26). The van der Waals surface area contributed by atoms with Gasteiger partial charge in [0.25, 0.3) is 11.1 Å². The summed E-state index contributed by atoms with van der Waals surface area (Å²) in [6.07, 6.45) is 0.427. The van der Waals surface area contributed by atoms with Gasteiger partial charge in [-0.15, -0.1) is 0 Å². The number of aromatic nitrogens is 4. The molecule has 29 heavy (non-hydrogen) atoms. The van der Waals surface area contributed by atoms with Crippen LogP contribution in [0.15, 0.2) is 62.9 Å². The quantitative estimate of drug-likeness (QED) is 0.373. The minimum atomic E-state index is -0.649. The number of hydrogen-bond acceptors (Lipinski definition) is 5. The van der Waals surface area contributed by atoms with E-state index in [4.69, 9.17) is 4.74 Å². The molecular formula is C20H18N4O5. The molecule has 0 aliphatic rings. The summed E-state index contributed by atoms with van der Waals surface area (Å²) in [6.45, 7) is 0.0617. The highest BCUT2D eigenvalue weighted by Crippen LogP contribution is 2.09. The fourth-order valence-electron chi connectivity index (χ4n) is 3.27. The summed E-state index contributed by atoms with van der Waals surface area (Å²) in [5, 5.41) is 2.90. The highest BCUT2D eigenvalue weighted by molar-refractivity contribution is 5.80. The smallest absolute Gasteiger partial charge is 0.327 e. The number of aryl methyl sites for hydroxylation is 1. The Bertz CT molecular complexity index is 1380. The molecule has 2 aromatic carbocycles. The minimum absolute atomic E-state index is 0.0807. The first-order valence-electron chi connectivity index (χ1n) is 9.09. The molecule has 0 bridgehead atoms. The Kier molecular flexibility index (Phi) is 4.86. The molecule has 0 spiro atoms. The Hall–Kier alpha value is -3.88. The van der Waals surface area contributed by atoms with Crippen molar-refractivity contribution in [2.45, 2.75) is 19.5 Å². The number of fused-ring (bicyclic) bond motifs is 2. The molecule has 0 saturated heterocycles. The topological polar surface area (TPSA) is 119 Å². The van der Waals surface area contributed by atoms with Crippen LogP contribution in [0.4, 0.5) is 0 Å². The Balaban J connectivity index is 1.38. The monoisotopic (exact) mass is 394 g/mol. The lowest BCUT2D eigenvalue weighted by molar-refractivity contribution is -0.144. The van der Waals surface area contributed by atoms with Crippen LogP contribution < -0.4 is 16.8 Å². The first kappa shape index (κ1) is 18.5. The number of esters is 1. The van der Waals surface area contributed by atoms with Gasteiger partial charge in [-0.25, -0.2) is 9.48 Å². The van der Waals surface area contributed by atoms with Gasteiger partial charge in [0.1, 0.15) is 6.54 Å². The SMILES string of the molecule is O=C(Cn1[nH]c(=O)c2ccccc2c1=O)OCCCn1c(=O)[nH]c2ccccc21. The van der Waals surface area contributed by atoms with E-state index in [1.165, 1.54) is 6.07 Å². The molecule has 2 aromatic heterocycles. The van der Waals surface area contributed by atoms with Crippen LogP contribution in [-0.2, 0) is 22.6 Å². The van der Waals surface area contributed by atoms with Crippen LogP contribution in [0.3, 0.4) is 0 Å². The van der Waals surface area contributed by atoms with E-state index in [1.54, 1.807) is 22.8 Å². The first-order valence-corrected chi connectivity index (χ1v) is 9.09. The molecule has 0 radical (unpaired) electrons. The lowest BCUT2D eigenvalue weighted by atomic mass is 10.2. The summed E-state index contributed by atoms with van der Waals surface area (Å²) in [7, 11) is 0. The molecule has 0 aliphatic heterocycles. The second kappa shape index (κ2) is 7.63. The highest BCUT2D eigenvalue weighted by atomic mass is 16.5. The van der Waals surface area contributed by atoms with E-state index in [-0.39, 0.29) is 23.1 Å². The van der Waals surface area contributed by atoms with Gasteiger partial charge in [-0.3, -0.25) is 24.0 Å². The molecule has 2 heterocycles. The van der Waals surface area contributed by atoms with Crippen molar-refractivity contribution in [3.63, 3.8) is 0 Å². The Morgan fingerprint density at radius 3 is 2.52 bits per heavy atom. The number of benzene rings is 2. The molecule has 4 aromatic rings. The molecule has 0 amide bonds. The summed E-state index contributed by atoms with van der Waals surface area (Å²) >= 11 is 0. The zero-order valence-corrected chi connectivity index (χ0v) is 15.4. The third kappa shape index (κ3) is 3.62. The normalized spacial score (nSPS) is 11.2. The van der Waals surface area contributed by atoms with Crippen molar-refractivity contribution < 1.29 is 9.53 Å². The number of hydrogen-bond donors (Lipinski definition) is 2. The summed E-state index contributed by atoms with van der Waals surface area (Å²) in [5.41, 5.74) is 0.380. The zero-order valence-electron chi connectivity index (χ0n) is 15.4.